The highest BCUT2D eigenvalue weighted by Gasteiger charge is 2.45. The minimum Gasteiger partial charge on any atom is -0.390 e. The molecule has 1 fully saturated rings. The fourth-order valence-corrected chi connectivity index (χ4v) is 10.4. The van der Waals surface area contributed by atoms with Gasteiger partial charge >= 0.3 is 24.1 Å². The summed E-state index contributed by atoms with van der Waals surface area (Å²) in [4.78, 5) is 165. The smallest absolute Gasteiger partial charge is 0.333 e. The first-order chi connectivity index (χ1) is 37.1. The Labute approximate surface area is 478 Å². The highest BCUT2D eigenvalue weighted by atomic mass is 32.2. The molecule has 6 N–H and O–H groups in total. The summed E-state index contributed by atoms with van der Waals surface area (Å²) in [6, 6.07) is -13.7. The number of unbranched alkanes of at least 4 members (excludes halogenated alkanes) is 1. The predicted octanol–water partition coefficient (Wildman–Crippen LogP) is 2.70. The van der Waals surface area contributed by atoms with E-state index < -0.39 is 137 Å². The number of allylic oxidation sites excluding steroid dienone is 2. The maximum Gasteiger partial charge on any atom is 0.333 e. The molecule has 0 bridgehead atoms. The molecule has 0 aliphatic carbocycles. The Morgan fingerprint density at radius 3 is 1.74 bits per heavy atom. The SMILES string of the molecule is C/C=C/C[C@@H](C)[C@@H](O)[C@H]1C(=O)N[C@@H](CC)C(=O)N(C)[C@H](SCCCCN(CC)CC)C(=O)N(C)[C@@H](CC(C)(C)O)C(=O)NC(=O)N(C)C(=O)NC(=O)N[C@@H](C)C(=O)N(C)C(=O)N(C)[C@@H](CC(C)C)C(=O)N(C)[C@@H](C(C)C)C(=O)N1C. The van der Waals surface area contributed by atoms with E-state index >= 15 is 4.79 Å². The molecule has 0 radical (unpaired) electrons. The minimum absolute atomic E-state index is 0.0432. The number of carbonyl (C=O) groups is 11. The van der Waals surface area contributed by atoms with Crippen LogP contribution in [0, 0.1) is 17.8 Å². The van der Waals surface area contributed by atoms with Gasteiger partial charge in [0.1, 0.15) is 36.3 Å². The number of thioether (sulfide) groups is 1. The molecule has 9 atom stereocenters. The van der Waals surface area contributed by atoms with Gasteiger partial charge in [0.15, 0.2) is 5.37 Å². The van der Waals surface area contributed by atoms with E-state index in [1.54, 1.807) is 60.6 Å². The summed E-state index contributed by atoms with van der Waals surface area (Å²) in [6.07, 6.45) is 3.17. The van der Waals surface area contributed by atoms with Gasteiger partial charge in [-0.05, 0) is 103 Å². The van der Waals surface area contributed by atoms with Crippen molar-refractivity contribution in [1.29, 1.82) is 0 Å². The monoisotopic (exact) mass is 1150 g/mol. The summed E-state index contributed by atoms with van der Waals surface area (Å²) in [6.45, 7) is 22.5. The Morgan fingerprint density at radius 1 is 0.662 bits per heavy atom. The lowest BCUT2D eigenvalue weighted by Gasteiger charge is -2.41. The van der Waals surface area contributed by atoms with E-state index in [9.17, 15) is 58.2 Å². The van der Waals surface area contributed by atoms with Crippen molar-refractivity contribution in [2.45, 2.75) is 175 Å². The van der Waals surface area contributed by atoms with E-state index in [2.05, 4.69) is 15.5 Å². The first kappa shape index (κ1) is 72.2. The van der Waals surface area contributed by atoms with E-state index in [1.807, 2.05) is 24.5 Å². The number of aliphatic hydroxyl groups is 2. The van der Waals surface area contributed by atoms with Gasteiger partial charge in [0.05, 0.1) is 11.7 Å². The van der Waals surface area contributed by atoms with Crippen molar-refractivity contribution in [2.24, 2.45) is 17.8 Å². The van der Waals surface area contributed by atoms with Crippen molar-refractivity contribution in [3.63, 3.8) is 0 Å². The number of likely N-dealkylation sites (N-methyl/N-ethyl adjacent to an activating group) is 6. The van der Waals surface area contributed by atoms with Crippen LogP contribution < -0.4 is 21.3 Å². The maximum absolute atomic E-state index is 15.0. The fourth-order valence-electron chi connectivity index (χ4n) is 9.13. The molecular formula is C54H96N12O13S. The van der Waals surface area contributed by atoms with Crippen LogP contribution >= 0.6 is 11.8 Å². The van der Waals surface area contributed by atoms with Crippen LogP contribution in [-0.2, 0) is 33.6 Å². The Balaban J connectivity index is 4.29. The zero-order chi connectivity index (χ0) is 61.8. The van der Waals surface area contributed by atoms with Gasteiger partial charge in [-0.1, -0.05) is 67.5 Å². The second-order valence-corrected chi connectivity index (χ2v) is 23.3. The number of hydrogen-bond donors (Lipinski definition) is 6. The molecule has 1 aliphatic rings. The number of hydrogen-bond acceptors (Lipinski definition) is 15. The molecule has 1 heterocycles. The normalized spacial score (nSPS) is 24.4. The molecule has 1 saturated heterocycles. The summed E-state index contributed by atoms with van der Waals surface area (Å²) in [7, 11) is 8.61. The predicted molar refractivity (Wildman–Crippen MR) is 305 cm³/mol. The molecule has 0 aromatic rings. The van der Waals surface area contributed by atoms with Gasteiger partial charge in [0, 0.05) is 55.8 Å². The van der Waals surface area contributed by atoms with Crippen molar-refractivity contribution in [3.8, 4) is 0 Å². The lowest BCUT2D eigenvalue weighted by atomic mass is 9.91. The number of nitrogens with one attached hydrogen (secondary N) is 4. The minimum atomic E-state index is -1.66. The topological polar surface area (TPSA) is 302 Å². The number of imide groups is 4. The molecular weight excluding hydrogens is 1060 g/mol. The molecule has 0 saturated carbocycles. The summed E-state index contributed by atoms with van der Waals surface area (Å²) < 4.78 is 0. The first-order valence-electron chi connectivity index (χ1n) is 27.5. The molecule has 456 valence electrons. The number of nitrogens with zero attached hydrogens (tertiary/aromatic N) is 8. The van der Waals surface area contributed by atoms with E-state index in [1.165, 1.54) is 56.0 Å². The molecule has 0 unspecified atom stereocenters. The second-order valence-electron chi connectivity index (χ2n) is 22.1. The summed E-state index contributed by atoms with van der Waals surface area (Å²) >= 11 is 1.09. The molecule has 15 amide bonds. The van der Waals surface area contributed by atoms with Crippen molar-refractivity contribution < 1.29 is 63.0 Å². The standard InChI is InChI=1S/C54H96N12O13S/c1-20-24-27-34(9)41(67)40-43(69)56-36(21-2)45(71)63(17)49(80-29-26-25-28-66(22-3)23-4)48(74)59(13)38(31-54(11,12)79)42(68)57-51(76)65(19)52(77)58-50(75)55-35(10)44(70)64(18)53(78)60(14)37(30-32(5)6)46(72)61(15)39(33(7)8)47(73)62(40)16/h20,24,32-41,49,67,79H,21-23,25-31H2,1-19H3,(H,56,69)(H,57,68,76)(H2,55,58,75,77)/b24-20+/t34-,35+,36+,37+,38+,39+,40+,41-,49-/m1/s1. The maximum atomic E-state index is 15.0. The quantitative estimate of drug-likeness (QED) is 0.0850. The van der Waals surface area contributed by atoms with Crippen molar-refractivity contribution >= 4 is 77.2 Å². The van der Waals surface area contributed by atoms with Crippen LogP contribution in [0.2, 0.25) is 0 Å². The fraction of sp³-hybridized carbons (Fsp3) is 0.759. The third-order valence-electron chi connectivity index (χ3n) is 14.3. The number of urea groups is 4. The average molecular weight is 1150 g/mol. The highest BCUT2D eigenvalue weighted by Crippen LogP contribution is 2.26. The number of rotatable bonds is 18. The third kappa shape index (κ3) is 20.6. The number of carbonyl (C=O) groups excluding carboxylic acids is 11. The van der Waals surface area contributed by atoms with Crippen LogP contribution in [0.4, 0.5) is 19.2 Å². The molecule has 26 heteroatoms. The van der Waals surface area contributed by atoms with Crippen LogP contribution in [-0.4, -0.2) is 243 Å². The summed E-state index contributed by atoms with van der Waals surface area (Å²) in [5, 5.41) is 30.6. The molecule has 0 spiro atoms. The summed E-state index contributed by atoms with van der Waals surface area (Å²) in [5.74, 6) is -7.25. The van der Waals surface area contributed by atoms with Crippen molar-refractivity contribution in [2.75, 3.05) is 74.7 Å². The molecule has 0 aromatic heterocycles. The largest absolute Gasteiger partial charge is 0.390 e. The van der Waals surface area contributed by atoms with E-state index in [4.69, 9.17) is 0 Å². The Hall–Kier alpha value is -5.86. The van der Waals surface area contributed by atoms with Gasteiger partial charge in [-0.15, -0.1) is 11.8 Å². The second kappa shape index (κ2) is 33.2. The van der Waals surface area contributed by atoms with Gasteiger partial charge in [0.25, 0.3) is 17.7 Å². The van der Waals surface area contributed by atoms with Crippen LogP contribution in [0.5, 0.6) is 0 Å². The zero-order valence-corrected chi connectivity index (χ0v) is 51.8. The van der Waals surface area contributed by atoms with Crippen LogP contribution in [0.25, 0.3) is 0 Å². The molecule has 25 nitrogen and oxygen atoms in total. The molecule has 0 aromatic carbocycles. The van der Waals surface area contributed by atoms with Crippen molar-refractivity contribution in [1.82, 2.24) is 60.5 Å². The van der Waals surface area contributed by atoms with Crippen LogP contribution in [0.3, 0.4) is 0 Å². The molecule has 1 aliphatic heterocycles. The van der Waals surface area contributed by atoms with Crippen LogP contribution in [0.1, 0.15) is 122 Å². The highest BCUT2D eigenvalue weighted by molar-refractivity contribution is 8.00. The lowest BCUT2D eigenvalue weighted by Crippen LogP contribution is -2.63. The van der Waals surface area contributed by atoms with E-state index in [0.717, 1.165) is 76.4 Å². The van der Waals surface area contributed by atoms with Gasteiger partial charge in [-0.25, -0.2) is 24.1 Å². The van der Waals surface area contributed by atoms with Gasteiger partial charge < -0.3 is 50.2 Å². The zero-order valence-electron chi connectivity index (χ0n) is 50.9. The average Bonchev–Trinajstić information content (AvgIpc) is 3.39. The third-order valence-corrected chi connectivity index (χ3v) is 15.6. The van der Waals surface area contributed by atoms with Gasteiger partial charge in [-0.2, -0.15) is 0 Å². The first-order valence-corrected chi connectivity index (χ1v) is 28.6. The van der Waals surface area contributed by atoms with Crippen molar-refractivity contribution in [3.05, 3.63) is 12.2 Å². The Bertz CT molecular complexity index is 2190. The Kier molecular flexibility index (Phi) is 29.9. The van der Waals surface area contributed by atoms with E-state index in [-0.39, 0.29) is 25.2 Å². The van der Waals surface area contributed by atoms with Crippen LogP contribution in [0.15, 0.2) is 12.2 Å². The Morgan fingerprint density at radius 2 is 1.23 bits per heavy atom. The lowest BCUT2D eigenvalue weighted by molar-refractivity contribution is -0.155. The summed E-state index contributed by atoms with van der Waals surface area (Å²) in [5.41, 5.74) is -1.65. The van der Waals surface area contributed by atoms with Gasteiger partial charge in [0.2, 0.25) is 23.6 Å². The number of aliphatic hydroxyl groups excluding tert-OH is 1. The molecule has 1 rings (SSSR count). The van der Waals surface area contributed by atoms with E-state index in [0.29, 0.717) is 22.0 Å². The number of amides is 15. The molecule has 80 heavy (non-hydrogen) atoms. The van der Waals surface area contributed by atoms with Gasteiger partial charge in [-0.3, -0.25) is 49.1 Å².